The van der Waals surface area contributed by atoms with E-state index in [1.54, 1.807) is 0 Å². The summed E-state index contributed by atoms with van der Waals surface area (Å²) in [5.74, 6) is 0.411. The van der Waals surface area contributed by atoms with Gasteiger partial charge in [0, 0.05) is 25.4 Å². The van der Waals surface area contributed by atoms with E-state index in [4.69, 9.17) is 5.73 Å². The highest BCUT2D eigenvalue weighted by Crippen LogP contribution is 2.32. The minimum Gasteiger partial charge on any atom is -0.382 e. The average molecular weight is 370 g/mol. The van der Waals surface area contributed by atoms with Gasteiger partial charge in [0.15, 0.2) is 5.82 Å². The fraction of sp³-hybridized carbons (Fsp3) is 0.500. The molecule has 2 aromatic rings. The van der Waals surface area contributed by atoms with E-state index in [0.717, 1.165) is 25.6 Å². The molecule has 1 atom stereocenters. The molecule has 0 aromatic carbocycles. The van der Waals surface area contributed by atoms with Gasteiger partial charge < -0.3 is 10.6 Å². The summed E-state index contributed by atoms with van der Waals surface area (Å²) in [6, 6.07) is 0. The molecule has 118 valence electrons. The summed E-state index contributed by atoms with van der Waals surface area (Å²) in [5, 5.41) is 0. The number of piperidine rings is 1. The van der Waals surface area contributed by atoms with E-state index in [1.807, 2.05) is 11.8 Å². The Morgan fingerprint density at radius 2 is 2.36 bits per heavy atom. The SMILES string of the molecule is CCC(=O)N1CCC[C@@H](c2nc(Br)c3c(N)ncc(F)n23)C1. The van der Waals surface area contributed by atoms with Crippen LogP contribution in [0.2, 0.25) is 0 Å². The van der Waals surface area contributed by atoms with Crippen molar-refractivity contribution < 1.29 is 9.18 Å². The molecule has 0 saturated carbocycles. The van der Waals surface area contributed by atoms with E-state index >= 15 is 0 Å². The van der Waals surface area contributed by atoms with E-state index < -0.39 is 5.95 Å². The Kier molecular flexibility index (Phi) is 4.03. The zero-order valence-corrected chi connectivity index (χ0v) is 13.8. The van der Waals surface area contributed by atoms with Gasteiger partial charge in [-0.15, -0.1) is 0 Å². The lowest BCUT2D eigenvalue weighted by Crippen LogP contribution is -2.39. The first-order valence-corrected chi connectivity index (χ1v) is 8.07. The standard InChI is InChI=1S/C14H17BrFN5O/c1-2-10(22)20-5-3-4-8(7-20)14-19-12(15)11-13(17)18-6-9(16)21(11)14/h6,8H,2-5,7H2,1H3,(H2,17,18)/t8-/m1/s1. The molecule has 1 aliphatic heterocycles. The molecule has 22 heavy (non-hydrogen) atoms. The molecular formula is C14H17BrFN5O. The number of imidazole rings is 1. The van der Waals surface area contributed by atoms with Crippen LogP contribution in [-0.4, -0.2) is 38.3 Å². The predicted octanol–water partition coefficient (Wildman–Crippen LogP) is 2.33. The van der Waals surface area contributed by atoms with Gasteiger partial charge in [-0.05, 0) is 28.8 Å². The van der Waals surface area contributed by atoms with Crippen molar-refractivity contribution in [3.8, 4) is 0 Å². The Hall–Kier alpha value is -1.70. The molecule has 1 fully saturated rings. The number of carbonyl (C=O) groups is 1. The fourth-order valence-electron chi connectivity index (χ4n) is 3.00. The lowest BCUT2D eigenvalue weighted by Gasteiger charge is -2.32. The number of aromatic nitrogens is 3. The number of nitrogens with zero attached hydrogens (tertiary/aromatic N) is 4. The van der Waals surface area contributed by atoms with Crippen molar-refractivity contribution in [1.82, 2.24) is 19.3 Å². The van der Waals surface area contributed by atoms with Crippen LogP contribution in [0.4, 0.5) is 10.2 Å². The third-order valence-corrected chi connectivity index (χ3v) is 4.62. The molecule has 1 aliphatic rings. The highest BCUT2D eigenvalue weighted by Gasteiger charge is 2.29. The number of halogens is 2. The Balaban J connectivity index is 2.03. The minimum atomic E-state index is -0.503. The quantitative estimate of drug-likeness (QED) is 0.881. The van der Waals surface area contributed by atoms with Gasteiger partial charge in [0.05, 0.1) is 6.20 Å². The molecule has 3 heterocycles. The van der Waals surface area contributed by atoms with Crippen molar-refractivity contribution in [2.45, 2.75) is 32.1 Å². The molecule has 1 saturated heterocycles. The van der Waals surface area contributed by atoms with Crippen LogP contribution in [0.15, 0.2) is 10.8 Å². The van der Waals surface area contributed by atoms with Crippen LogP contribution < -0.4 is 5.73 Å². The lowest BCUT2D eigenvalue weighted by molar-refractivity contribution is -0.132. The van der Waals surface area contributed by atoms with Crippen LogP contribution in [0.3, 0.4) is 0 Å². The molecule has 8 heteroatoms. The molecule has 0 radical (unpaired) electrons. The minimum absolute atomic E-state index is 0.0145. The molecule has 2 N–H and O–H groups in total. The van der Waals surface area contributed by atoms with Crippen LogP contribution in [-0.2, 0) is 4.79 Å². The average Bonchev–Trinajstić information content (AvgIpc) is 2.89. The second kappa shape index (κ2) is 5.83. The van der Waals surface area contributed by atoms with Crippen LogP contribution in [0.25, 0.3) is 5.52 Å². The topological polar surface area (TPSA) is 76.5 Å². The first-order valence-electron chi connectivity index (χ1n) is 7.28. The number of nitrogen functional groups attached to an aromatic ring is 1. The van der Waals surface area contributed by atoms with Crippen LogP contribution in [0.5, 0.6) is 0 Å². The summed E-state index contributed by atoms with van der Waals surface area (Å²) >= 11 is 3.33. The maximum atomic E-state index is 14.2. The molecule has 0 bridgehead atoms. The first kappa shape index (κ1) is 15.2. The third-order valence-electron chi connectivity index (χ3n) is 4.07. The number of amides is 1. The summed E-state index contributed by atoms with van der Waals surface area (Å²) in [5.41, 5.74) is 6.27. The third kappa shape index (κ3) is 2.45. The normalized spacial score (nSPS) is 18.9. The number of hydrogen-bond donors (Lipinski definition) is 1. The summed E-state index contributed by atoms with van der Waals surface area (Å²) in [4.78, 5) is 22.0. The lowest BCUT2D eigenvalue weighted by atomic mass is 9.97. The molecule has 0 aliphatic carbocycles. The van der Waals surface area contributed by atoms with E-state index in [9.17, 15) is 9.18 Å². The maximum absolute atomic E-state index is 14.2. The summed E-state index contributed by atoms with van der Waals surface area (Å²) in [7, 11) is 0. The van der Waals surface area contributed by atoms with Gasteiger partial charge in [-0.2, -0.15) is 4.39 Å². The van der Waals surface area contributed by atoms with Crippen molar-refractivity contribution in [1.29, 1.82) is 0 Å². The second-order valence-electron chi connectivity index (χ2n) is 5.44. The number of hydrogen-bond acceptors (Lipinski definition) is 4. The van der Waals surface area contributed by atoms with E-state index in [-0.39, 0.29) is 17.6 Å². The van der Waals surface area contributed by atoms with Crippen LogP contribution >= 0.6 is 15.9 Å². The largest absolute Gasteiger partial charge is 0.382 e. The summed E-state index contributed by atoms with van der Waals surface area (Å²) < 4.78 is 16.1. The van der Waals surface area contributed by atoms with Gasteiger partial charge in [-0.25, -0.2) is 9.97 Å². The molecule has 3 rings (SSSR count). The number of likely N-dealkylation sites (tertiary alicyclic amines) is 1. The molecule has 0 unspecified atom stereocenters. The zero-order valence-electron chi connectivity index (χ0n) is 12.2. The smallest absolute Gasteiger partial charge is 0.222 e. The van der Waals surface area contributed by atoms with Crippen LogP contribution in [0, 0.1) is 5.95 Å². The number of rotatable bonds is 2. The Morgan fingerprint density at radius 1 is 1.59 bits per heavy atom. The number of anilines is 1. The fourth-order valence-corrected chi connectivity index (χ4v) is 3.56. The Labute approximate surface area is 135 Å². The summed E-state index contributed by atoms with van der Waals surface area (Å²) in [6.07, 6.45) is 3.31. The molecule has 1 amide bonds. The van der Waals surface area contributed by atoms with Crippen molar-refractivity contribution in [2.24, 2.45) is 0 Å². The van der Waals surface area contributed by atoms with E-state index in [1.165, 1.54) is 4.40 Å². The van der Waals surface area contributed by atoms with Gasteiger partial charge in [0.25, 0.3) is 0 Å². The van der Waals surface area contributed by atoms with Crippen molar-refractivity contribution in [2.75, 3.05) is 18.8 Å². The number of nitrogens with two attached hydrogens (primary N) is 1. The van der Waals surface area contributed by atoms with Gasteiger partial charge in [0.1, 0.15) is 15.9 Å². The van der Waals surface area contributed by atoms with Crippen molar-refractivity contribution in [3.63, 3.8) is 0 Å². The van der Waals surface area contributed by atoms with Gasteiger partial charge in [-0.3, -0.25) is 9.20 Å². The Bertz CT molecular complexity index is 732. The molecule has 6 nitrogen and oxygen atoms in total. The zero-order chi connectivity index (χ0) is 15.9. The number of carbonyl (C=O) groups excluding carboxylic acids is 1. The van der Waals surface area contributed by atoms with Crippen molar-refractivity contribution in [3.05, 3.63) is 22.6 Å². The van der Waals surface area contributed by atoms with Gasteiger partial charge in [0.2, 0.25) is 11.9 Å². The van der Waals surface area contributed by atoms with Gasteiger partial charge >= 0.3 is 0 Å². The first-order chi connectivity index (χ1) is 10.5. The number of fused-ring (bicyclic) bond motifs is 1. The second-order valence-corrected chi connectivity index (χ2v) is 6.19. The highest BCUT2D eigenvalue weighted by molar-refractivity contribution is 9.10. The highest BCUT2D eigenvalue weighted by atomic mass is 79.9. The predicted molar refractivity (Wildman–Crippen MR) is 83.9 cm³/mol. The molecule has 2 aromatic heterocycles. The summed E-state index contributed by atoms with van der Waals surface area (Å²) in [6.45, 7) is 3.15. The molecule has 0 spiro atoms. The molecular weight excluding hydrogens is 353 g/mol. The van der Waals surface area contributed by atoms with Crippen LogP contribution in [0.1, 0.15) is 37.9 Å². The van der Waals surface area contributed by atoms with Gasteiger partial charge in [-0.1, -0.05) is 6.92 Å². The van der Waals surface area contributed by atoms with E-state index in [0.29, 0.717) is 28.9 Å². The maximum Gasteiger partial charge on any atom is 0.222 e. The monoisotopic (exact) mass is 369 g/mol. The van der Waals surface area contributed by atoms with E-state index in [2.05, 4.69) is 25.9 Å². The van der Waals surface area contributed by atoms with Crippen molar-refractivity contribution >= 4 is 33.2 Å². The Morgan fingerprint density at radius 3 is 3.09 bits per heavy atom.